The van der Waals surface area contributed by atoms with Crippen molar-refractivity contribution in [3.05, 3.63) is 46.7 Å². The summed E-state index contributed by atoms with van der Waals surface area (Å²) in [5.74, 6) is -1.04. The Hall–Kier alpha value is -4.10. The SMILES string of the molecule is COCC1=NC2C(NC(=O)N2c2cc(OCc3c(F)cccc3OC)c(OCC(=O)O)cc2Cl)C(OC)=N1. The van der Waals surface area contributed by atoms with Gasteiger partial charge in [0.25, 0.3) is 0 Å². The molecule has 0 aliphatic carbocycles. The number of urea groups is 1. The van der Waals surface area contributed by atoms with Crippen molar-refractivity contribution < 1.29 is 42.8 Å². The predicted molar refractivity (Wildman–Crippen MR) is 134 cm³/mol. The number of carboxylic acid groups (broad SMARTS) is 1. The molecule has 2 aromatic rings. The lowest BCUT2D eigenvalue weighted by atomic mass is 10.1. The molecular formula is C24H24ClFN4O8. The molecule has 4 rings (SSSR count). The lowest BCUT2D eigenvalue weighted by molar-refractivity contribution is -0.139. The fourth-order valence-electron chi connectivity index (χ4n) is 3.96. The zero-order valence-corrected chi connectivity index (χ0v) is 21.3. The van der Waals surface area contributed by atoms with Crippen LogP contribution < -0.4 is 24.4 Å². The number of aliphatic carboxylic acids is 1. The highest BCUT2D eigenvalue weighted by atomic mass is 35.5. The Bertz CT molecular complexity index is 1300. The number of methoxy groups -OCH3 is 3. The number of fused-ring (bicyclic) bond motifs is 1. The molecule has 0 spiro atoms. The highest BCUT2D eigenvalue weighted by Crippen LogP contribution is 2.41. The number of carboxylic acids is 1. The van der Waals surface area contributed by atoms with Crippen LogP contribution in [0, 0.1) is 5.82 Å². The first-order chi connectivity index (χ1) is 18.3. The zero-order chi connectivity index (χ0) is 27.4. The first-order valence-corrected chi connectivity index (χ1v) is 11.5. The average Bonchev–Trinajstić information content (AvgIpc) is 3.22. The summed E-state index contributed by atoms with van der Waals surface area (Å²) in [7, 11) is 4.29. The molecule has 0 aromatic heterocycles. The average molecular weight is 551 g/mol. The molecule has 2 aliphatic heterocycles. The highest BCUT2D eigenvalue weighted by molar-refractivity contribution is 6.34. The van der Waals surface area contributed by atoms with Gasteiger partial charge in [0, 0.05) is 19.2 Å². The number of rotatable bonds is 10. The van der Waals surface area contributed by atoms with Crippen LogP contribution in [0.5, 0.6) is 17.2 Å². The van der Waals surface area contributed by atoms with Crippen LogP contribution in [-0.2, 0) is 20.9 Å². The van der Waals surface area contributed by atoms with Gasteiger partial charge in [0.05, 0.1) is 30.5 Å². The number of carbonyl (C=O) groups excluding carboxylic acids is 1. The van der Waals surface area contributed by atoms with Crippen LogP contribution in [0.15, 0.2) is 40.3 Å². The minimum absolute atomic E-state index is 0.00439. The van der Waals surface area contributed by atoms with E-state index in [-0.39, 0.29) is 52.6 Å². The van der Waals surface area contributed by atoms with Crippen molar-refractivity contribution in [3.8, 4) is 17.2 Å². The molecule has 2 heterocycles. The normalized spacial score (nSPS) is 18.2. The number of hydrogen-bond donors (Lipinski definition) is 2. The Morgan fingerprint density at radius 1 is 1.13 bits per heavy atom. The number of nitrogens with zero attached hydrogens (tertiary/aromatic N) is 3. The van der Waals surface area contributed by atoms with Crippen LogP contribution in [0.3, 0.4) is 0 Å². The van der Waals surface area contributed by atoms with Crippen LogP contribution >= 0.6 is 11.6 Å². The molecule has 14 heteroatoms. The summed E-state index contributed by atoms with van der Waals surface area (Å²) in [6.45, 7) is -0.913. The third kappa shape index (κ3) is 5.43. The van der Waals surface area contributed by atoms with Gasteiger partial charge in [0.1, 0.15) is 30.8 Å². The number of amides is 2. The van der Waals surface area contributed by atoms with E-state index in [0.717, 1.165) is 0 Å². The van der Waals surface area contributed by atoms with Crippen molar-refractivity contribution in [2.45, 2.75) is 18.8 Å². The molecule has 2 N–H and O–H groups in total. The van der Waals surface area contributed by atoms with E-state index in [0.29, 0.717) is 5.84 Å². The van der Waals surface area contributed by atoms with Crippen LogP contribution in [0.25, 0.3) is 0 Å². The van der Waals surface area contributed by atoms with Crippen molar-refractivity contribution in [1.82, 2.24) is 5.32 Å². The van der Waals surface area contributed by atoms with Gasteiger partial charge < -0.3 is 34.1 Å². The lowest BCUT2D eigenvalue weighted by Gasteiger charge is -2.27. The first kappa shape index (κ1) is 26.9. The summed E-state index contributed by atoms with van der Waals surface area (Å²) in [6.07, 6.45) is -0.831. The molecule has 0 saturated carbocycles. The van der Waals surface area contributed by atoms with Gasteiger partial charge in [-0.2, -0.15) is 4.99 Å². The summed E-state index contributed by atoms with van der Waals surface area (Å²) < 4.78 is 41.4. The van der Waals surface area contributed by atoms with E-state index in [4.69, 9.17) is 40.4 Å². The number of halogens is 2. The Morgan fingerprint density at radius 2 is 1.89 bits per heavy atom. The third-order valence-electron chi connectivity index (χ3n) is 5.62. The molecule has 202 valence electrons. The maximum absolute atomic E-state index is 14.5. The number of hydrogen-bond acceptors (Lipinski definition) is 9. The van der Waals surface area contributed by atoms with E-state index in [1.54, 1.807) is 6.07 Å². The van der Waals surface area contributed by atoms with Gasteiger partial charge in [-0.25, -0.2) is 19.0 Å². The molecule has 0 radical (unpaired) electrons. The van der Waals surface area contributed by atoms with Gasteiger partial charge in [0.15, 0.2) is 30.1 Å². The predicted octanol–water partition coefficient (Wildman–Crippen LogP) is 2.86. The Morgan fingerprint density at radius 3 is 2.58 bits per heavy atom. The molecule has 2 aliphatic rings. The van der Waals surface area contributed by atoms with Gasteiger partial charge in [-0.1, -0.05) is 17.7 Å². The fourth-order valence-corrected chi connectivity index (χ4v) is 4.21. The van der Waals surface area contributed by atoms with Crippen molar-refractivity contribution >= 4 is 41.0 Å². The van der Waals surface area contributed by atoms with Crippen molar-refractivity contribution in [2.24, 2.45) is 9.98 Å². The zero-order valence-electron chi connectivity index (χ0n) is 20.6. The van der Waals surface area contributed by atoms with E-state index in [2.05, 4.69) is 15.3 Å². The Labute approximate surface area is 221 Å². The van der Waals surface area contributed by atoms with E-state index in [1.165, 1.54) is 50.5 Å². The van der Waals surface area contributed by atoms with Gasteiger partial charge in [-0.3, -0.25) is 4.90 Å². The van der Waals surface area contributed by atoms with Crippen molar-refractivity contribution in [3.63, 3.8) is 0 Å². The molecule has 1 saturated heterocycles. The van der Waals surface area contributed by atoms with Gasteiger partial charge in [-0.05, 0) is 12.1 Å². The molecule has 1 fully saturated rings. The summed E-state index contributed by atoms with van der Waals surface area (Å²) in [6, 6.07) is 5.75. The fraction of sp³-hybridized carbons (Fsp3) is 0.333. The summed E-state index contributed by atoms with van der Waals surface area (Å²) in [5, 5.41) is 11.9. The highest BCUT2D eigenvalue weighted by Gasteiger charge is 2.47. The molecule has 0 bridgehead atoms. The molecular weight excluding hydrogens is 527 g/mol. The molecule has 2 amide bonds. The Balaban J connectivity index is 1.73. The molecule has 2 atom stereocenters. The summed E-state index contributed by atoms with van der Waals surface area (Å²) in [4.78, 5) is 34.3. The lowest BCUT2D eigenvalue weighted by Crippen LogP contribution is -2.45. The standard InChI is InChI=1S/C24H24ClFN4O8/c1-34-10-19-27-22-21(23(28-19)36-3)29-24(33)30(22)15-8-18(17(7-13(15)25)38-11-20(31)32)37-9-12-14(26)5-4-6-16(12)35-2/h4-8,21-22H,9-11H2,1-3H3,(H,29,33)(H,31,32). The van der Waals surface area contributed by atoms with E-state index < -0.39 is 36.6 Å². The summed E-state index contributed by atoms with van der Waals surface area (Å²) in [5.41, 5.74) is 0.296. The van der Waals surface area contributed by atoms with Gasteiger partial charge >= 0.3 is 12.0 Å². The monoisotopic (exact) mass is 550 g/mol. The van der Waals surface area contributed by atoms with Crippen molar-refractivity contribution in [2.75, 3.05) is 39.4 Å². The molecule has 2 unspecified atom stereocenters. The number of benzene rings is 2. The number of aliphatic imine (C=N–C) groups is 2. The number of anilines is 1. The smallest absolute Gasteiger partial charge is 0.341 e. The maximum Gasteiger partial charge on any atom is 0.341 e. The second-order valence-corrected chi connectivity index (χ2v) is 8.39. The van der Waals surface area contributed by atoms with Gasteiger partial charge in [-0.15, -0.1) is 0 Å². The quantitative estimate of drug-likeness (QED) is 0.460. The largest absolute Gasteiger partial charge is 0.496 e. The van der Waals surface area contributed by atoms with Crippen molar-refractivity contribution in [1.29, 1.82) is 0 Å². The number of ether oxygens (including phenoxy) is 5. The Kier molecular flexibility index (Phi) is 8.17. The van der Waals surface area contributed by atoms with Gasteiger partial charge in [0.2, 0.25) is 5.90 Å². The number of carbonyl (C=O) groups is 2. The van der Waals surface area contributed by atoms with Crippen LogP contribution in [0.4, 0.5) is 14.9 Å². The molecule has 38 heavy (non-hydrogen) atoms. The van der Waals surface area contributed by atoms with Crippen LogP contribution in [0.2, 0.25) is 5.02 Å². The minimum atomic E-state index is -1.23. The third-order valence-corrected chi connectivity index (χ3v) is 5.92. The van der Waals surface area contributed by atoms with E-state index in [1.807, 2.05) is 0 Å². The first-order valence-electron chi connectivity index (χ1n) is 11.2. The second-order valence-electron chi connectivity index (χ2n) is 7.99. The van der Waals surface area contributed by atoms with E-state index in [9.17, 15) is 14.0 Å². The molecule has 12 nitrogen and oxygen atoms in total. The topological polar surface area (TPSA) is 141 Å². The molecule has 2 aromatic carbocycles. The van der Waals surface area contributed by atoms with Crippen LogP contribution in [-0.4, -0.2) is 75.6 Å². The second kappa shape index (κ2) is 11.5. The number of nitrogens with one attached hydrogen (secondary N) is 1. The summed E-state index contributed by atoms with van der Waals surface area (Å²) >= 11 is 6.53. The maximum atomic E-state index is 14.5. The van der Waals surface area contributed by atoms with Crippen LogP contribution in [0.1, 0.15) is 5.56 Å². The minimum Gasteiger partial charge on any atom is -0.496 e. The number of amidine groups is 1. The van der Waals surface area contributed by atoms with E-state index >= 15 is 0 Å².